The van der Waals surface area contributed by atoms with Gasteiger partial charge in [-0.05, 0) is 44.2 Å². The Hall–Kier alpha value is -2.24. The quantitative estimate of drug-likeness (QED) is 0.879. The predicted molar refractivity (Wildman–Crippen MR) is 95.6 cm³/mol. The number of hydrogen-bond donors (Lipinski definition) is 2. The average molecular weight is 345 g/mol. The van der Waals surface area contributed by atoms with E-state index >= 15 is 0 Å². The molecule has 1 unspecified atom stereocenters. The highest BCUT2D eigenvalue weighted by Crippen LogP contribution is 2.27. The van der Waals surface area contributed by atoms with Crippen molar-refractivity contribution in [2.45, 2.75) is 38.6 Å². The van der Waals surface area contributed by atoms with E-state index in [1.54, 1.807) is 0 Å². The van der Waals surface area contributed by atoms with Gasteiger partial charge in [0, 0.05) is 31.6 Å². The molecule has 1 saturated heterocycles. The SMILES string of the molecule is CCNC(=O)N1CCC(NC(=O)C2CCOc3ccccc3C2)CC1. The van der Waals surface area contributed by atoms with Crippen molar-refractivity contribution in [3.63, 3.8) is 0 Å². The number of para-hydroxylation sites is 1. The van der Waals surface area contributed by atoms with Gasteiger partial charge in [-0.1, -0.05) is 18.2 Å². The molecule has 3 amide bonds. The lowest BCUT2D eigenvalue weighted by Gasteiger charge is -2.33. The summed E-state index contributed by atoms with van der Waals surface area (Å²) in [6.45, 7) is 4.51. The molecule has 136 valence electrons. The van der Waals surface area contributed by atoms with E-state index in [1.165, 1.54) is 0 Å². The van der Waals surface area contributed by atoms with Crippen LogP contribution in [0.3, 0.4) is 0 Å². The van der Waals surface area contributed by atoms with Crippen molar-refractivity contribution in [3.8, 4) is 5.75 Å². The average Bonchev–Trinajstić information content (AvgIpc) is 2.85. The lowest BCUT2D eigenvalue weighted by atomic mass is 9.95. The van der Waals surface area contributed by atoms with Gasteiger partial charge in [-0.15, -0.1) is 0 Å². The first-order valence-corrected chi connectivity index (χ1v) is 9.21. The fraction of sp³-hybridized carbons (Fsp3) is 0.579. The number of rotatable bonds is 3. The lowest BCUT2D eigenvalue weighted by molar-refractivity contribution is -0.126. The summed E-state index contributed by atoms with van der Waals surface area (Å²) in [5, 5.41) is 6.01. The fourth-order valence-corrected chi connectivity index (χ4v) is 3.52. The highest BCUT2D eigenvalue weighted by Gasteiger charge is 2.28. The maximum atomic E-state index is 12.7. The van der Waals surface area contributed by atoms with Crippen LogP contribution in [0.1, 0.15) is 31.7 Å². The number of fused-ring (bicyclic) bond motifs is 1. The van der Waals surface area contributed by atoms with Crippen molar-refractivity contribution in [2.75, 3.05) is 26.2 Å². The zero-order chi connectivity index (χ0) is 17.6. The van der Waals surface area contributed by atoms with Crippen LogP contribution >= 0.6 is 0 Å². The van der Waals surface area contributed by atoms with E-state index in [-0.39, 0.29) is 23.9 Å². The van der Waals surface area contributed by atoms with Crippen molar-refractivity contribution in [1.82, 2.24) is 15.5 Å². The zero-order valence-corrected chi connectivity index (χ0v) is 14.8. The summed E-state index contributed by atoms with van der Waals surface area (Å²) in [7, 11) is 0. The van der Waals surface area contributed by atoms with Gasteiger partial charge >= 0.3 is 6.03 Å². The topological polar surface area (TPSA) is 70.7 Å². The Bertz CT molecular complexity index is 612. The second kappa shape index (κ2) is 8.23. The summed E-state index contributed by atoms with van der Waals surface area (Å²) in [6.07, 6.45) is 3.07. The Morgan fingerprint density at radius 3 is 2.72 bits per heavy atom. The van der Waals surface area contributed by atoms with Gasteiger partial charge in [0.15, 0.2) is 0 Å². The van der Waals surface area contributed by atoms with E-state index in [1.807, 2.05) is 36.1 Å². The van der Waals surface area contributed by atoms with Gasteiger partial charge in [0.05, 0.1) is 6.61 Å². The molecular weight excluding hydrogens is 318 g/mol. The van der Waals surface area contributed by atoms with Gasteiger partial charge in [-0.25, -0.2) is 4.79 Å². The molecule has 6 nitrogen and oxygen atoms in total. The van der Waals surface area contributed by atoms with Gasteiger partial charge in [0.1, 0.15) is 5.75 Å². The third-order valence-corrected chi connectivity index (χ3v) is 4.99. The smallest absolute Gasteiger partial charge is 0.317 e. The molecule has 3 rings (SSSR count). The van der Waals surface area contributed by atoms with Gasteiger partial charge < -0.3 is 20.3 Å². The fourth-order valence-electron chi connectivity index (χ4n) is 3.52. The maximum absolute atomic E-state index is 12.7. The minimum absolute atomic E-state index is 0.00944. The van der Waals surface area contributed by atoms with Crippen molar-refractivity contribution >= 4 is 11.9 Å². The number of nitrogens with one attached hydrogen (secondary N) is 2. The summed E-state index contributed by atoms with van der Waals surface area (Å²) in [5.41, 5.74) is 1.10. The van der Waals surface area contributed by atoms with Crippen LogP contribution in [-0.4, -0.2) is 49.1 Å². The molecule has 6 heteroatoms. The third-order valence-electron chi connectivity index (χ3n) is 4.99. The van der Waals surface area contributed by atoms with Crippen molar-refractivity contribution in [1.29, 1.82) is 0 Å². The number of ether oxygens (including phenoxy) is 1. The van der Waals surface area contributed by atoms with Gasteiger partial charge in [-0.3, -0.25) is 4.79 Å². The largest absolute Gasteiger partial charge is 0.493 e. The Labute approximate surface area is 148 Å². The number of amides is 3. The molecule has 1 atom stereocenters. The number of carbonyl (C=O) groups is 2. The summed E-state index contributed by atoms with van der Waals surface area (Å²) in [6, 6.07) is 8.09. The highest BCUT2D eigenvalue weighted by atomic mass is 16.5. The summed E-state index contributed by atoms with van der Waals surface area (Å²) < 4.78 is 5.75. The van der Waals surface area contributed by atoms with E-state index in [2.05, 4.69) is 10.6 Å². The molecule has 0 aromatic heterocycles. The number of hydrogen-bond acceptors (Lipinski definition) is 3. The molecule has 1 fully saturated rings. The van der Waals surface area contributed by atoms with Crippen LogP contribution < -0.4 is 15.4 Å². The Kier molecular flexibility index (Phi) is 5.79. The van der Waals surface area contributed by atoms with Gasteiger partial charge in [0.25, 0.3) is 0 Å². The number of carbonyl (C=O) groups excluding carboxylic acids is 2. The molecule has 2 heterocycles. The first-order valence-electron chi connectivity index (χ1n) is 9.21. The molecule has 1 aromatic carbocycles. The third kappa shape index (κ3) is 4.44. The maximum Gasteiger partial charge on any atom is 0.317 e. The van der Waals surface area contributed by atoms with E-state index in [0.717, 1.165) is 37.0 Å². The molecular formula is C19H27N3O3. The van der Waals surface area contributed by atoms with Crippen molar-refractivity contribution in [3.05, 3.63) is 29.8 Å². The molecule has 0 spiro atoms. The first kappa shape index (κ1) is 17.6. The monoisotopic (exact) mass is 345 g/mol. The molecule has 0 radical (unpaired) electrons. The lowest BCUT2D eigenvalue weighted by Crippen LogP contribution is -2.50. The molecule has 0 saturated carbocycles. The first-order chi connectivity index (χ1) is 12.2. The zero-order valence-electron chi connectivity index (χ0n) is 14.8. The van der Waals surface area contributed by atoms with E-state index in [0.29, 0.717) is 26.2 Å². The summed E-state index contributed by atoms with van der Waals surface area (Å²) in [5.74, 6) is 0.954. The minimum atomic E-state index is -0.0509. The molecule has 2 N–H and O–H groups in total. The van der Waals surface area contributed by atoms with Crippen LogP contribution in [0.2, 0.25) is 0 Å². The van der Waals surface area contributed by atoms with Crippen LogP contribution in [0.25, 0.3) is 0 Å². The Balaban J connectivity index is 1.51. The number of benzene rings is 1. The summed E-state index contributed by atoms with van der Waals surface area (Å²) >= 11 is 0. The molecule has 2 aliphatic heterocycles. The van der Waals surface area contributed by atoms with Crippen molar-refractivity contribution in [2.24, 2.45) is 5.92 Å². The minimum Gasteiger partial charge on any atom is -0.493 e. The van der Waals surface area contributed by atoms with E-state index in [4.69, 9.17) is 4.74 Å². The predicted octanol–water partition coefficient (Wildman–Crippen LogP) is 1.94. The Morgan fingerprint density at radius 1 is 1.20 bits per heavy atom. The number of piperidine rings is 1. The molecule has 25 heavy (non-hydrogen) atoms. The number of likely N-dealkylation sites (tertiary alicyclic amines) is 1. The standard InChI is InChI=1S/C19H27N3O3/c1-2-20-19(24)22-10-7-16(8-11-22)21-18(23)15-9-12-25-17-6-4-3-5-14(17)13-15/h3-6,15-16H,2,7-13H2,1H3,(H,20,24)(H,21,23). The highest BCUT2D eigenvalue weighted by molar-refractivity contribution is 5.79. The van der Waals surface area contributed by atoms with Crippen LogP contribution in [-0.2, 0) is 11.2 Å². The molecule has 2 aliphatic rings. The van der Waals surface area contributed by atoms with Crippen LogP contribution in [0.15, 0.2) is 24.3 Å². The molecule has 1 aromatic rings. The molecule has 0 bridgehead atoms. The summed E-state index contributed by atoms with van der Waals surface area (Å²) in [4.78, 5) is 26.4. The Morgan fingerprint density at radius 2 is 1.96 bits per heavy atom. The van der Waals surface area contributed by atoms with Crippen molar-refractivity contribution < 1.29 is 14.3 Å². The molecule has 0 aliphatic carbocycles. The van der Waals surface area contributed by atoms with Gasteiger partial charge in [0.2, 0.25) is 5.91 Å². The van der Waals surface area contributed by atoms with Gasteiger partial charge in [-0.2, -0.15) is 0 Å². The normalized spacial score (nSPS) is 20.8. The second-order valence-corrected chi connectivity index (χ2v) is 6.75. The van der Waals surface area contributed by atoms with Crippen LogP contribution in [0.5, 0.6) is 5.75 Å². The number of urea groups is 1. The van der Waals surface area contributed by atoms with E-state index in [9.17, 15) is 9.59 Å². The van der Waals surface area contributed by atoms with Crippen LogP contribution in [0.4, 0.5) is 4.79 Å². The van der Waals surface area contributed by atoms with E-state index < -0.39 is 0 Å². The second-order valence-electron chi connectivity index (χ2n) is 6.75. The number of nitrogens with zero attached hydrogens (tertiary/aromatic N) is 1. The van der Waals surface area contributed by atoms with Crippen LogP contribution in [0, 0.1) is 5.92 Å².